The maximum Gasteiger partial charge on any atom is 0.246 e. The average molecular weight is 288 g/mol. The number of unbranched alkanes of at least 4 members (excludes halogenated alkanes) is 2. The number of nitrogens with two attached hydrogens (primary N) is 1. The molecule has 3 N–H and O–H groups in total. The Hall–Kier alpha value is -1.65. The van der Waals surface area contributed by atoms with Gasteiger partial charge in [0.2, 0.25) is 10.0 Å². The quantitative estimate of drug-likeness (QED) is 0.475. The van der Waals surface area contributed by atoms with Gasteiger partial charge in [-0.3, -0.25) is 0 Å². The monoisotopic (exact) mass is 288 g/mol. The van der Waals surface area contributed by atoms with Crippen LogP contribution in [0.4, 0.5) is 14.5 Å². The fourth-order valence-corrected chi connectivity index (χ4v) is 2.66. The van der Waals surface area contributed by atoms with Crippen LogP contribution >= 0.6 is 0 Å². The minimum Gasteiger partial charge on any atom is -0.399 e. The molecule has 19 heavy (non-hydrogen) atoms. The molecule has 0 fully saturated rings. The van der Waals surface area contributed by atoms with Crippen LogP contribution in [0, 0.1) is 24.0 Å². The lowest BCUT2D eigenvalue weighted by Crippen LogP contribution is -2.26. The van der Waals surface area contributed by atoms with Crippen molar-refractivity contribution in [2.45, 2.75) is 24.2 Å². The highest BCUT2D eigenvalue weighted by Gasteiger charge is 2.24. The number of nitrogen functional groups attached to an aromatic ring is 1. The molecule has 4 nitrogen and oxygen atoms in total. The van der Waals surface area contributed by atoms with Crippen LogP contribution in [-0.2, 0) is 10.0 Å². The number of benzene rings is 1. The van der Waals surface area contributed by atoms with Crippen LogP contribution in [0.1, 0.15) is 19.3 Å². The highest BCUT2D eigenvalue weighted by Crippen LogP contribution is 2.21. The molecule has 1 aromatic rings. The van der Waals surface area contributed by atoms with Gasteiger partial charge in [0, 0.05) is 18.7 Å². The molecule has 0 unspecified atom stereocenters. The minimum atomic E-state index is -4.23. The maximum absolute atomic E-state index is 13.5. The smallest absolute Gasteiger partial charge is 0.246 e. The van der Waals surface area contributed by atoms with E-state index < -0.39 is 26.6 Å². The second kappa shape index (κ2) is 6.50. The van der Waals surface area contributed by atoms with Gasteiger partial charge in [-0.15, -0.1) is 12.3 Å². The number of rotatable bonds is 6. The molecule has 0 spiro atoms. The standard InChI is InChI=1S/C12H14F2N2O2S/c1-2-3-4-5-6-16-19(17,18)12-10(13)7-9(15)8-11(12)14/h1,7-8,16H,3-6,15H2. The molecule has 0 aliphatic carbocycles. The van der Waals surface area contributed by atoms with E-state index in [1.165, 1.54) is 0 Å². The molecule has 0 radical (unpaired) electrons. The molecular weight excluding hydrogens is 274 g/mol. The molecule has 0 aliphatic heterocycles. The first kappa shape index (κ1) is 15.4. The molecular formula is C12H14F2N2O2S. The summed E-state index contributed by atoms with van der Waals surface area (Å²) in [5.74, 6) is -0.0181. The zero-order chi connectivity index (χ0) is 14.5. The van der Waals surface area contributed by atoms with Crippen LogP contribution in [0.25, 0.3) is 0 Å². The van der Waals surface area contributed by atoms with E-state index in [9.17, 15) is 17.2 Å². The molecule has 0 atom stereocenters. The van der Waals surface area contributed by atoms with Crippen molar-refractivity contribution in [1.29, 1.82) is 0 Å². The molecule has 7 heteroatoms. The van der Waals surface area contributed by atoms with Crippen LogP contribution in [-0.4, -0.2) is 15.0 Å². The summed E-state index contributed by atoms with van der Waals surface area (Å²) in [6, 6.07) is 1.52. The molecule has 0 bridgehead atoms. The molecule has 0 aromatic heterocycles. The summed E-state index contributed by atoms with van der Waals surface area (Å²) in [4.78, 5) is -1.02. The van der Waals surface area contributed by atoms with Crippen LogP contribution < -0.4 is 10.5 Å². The minimum absolute atomic E-state index is 0.0628. The molecule has 0 amide bonds. The predicted octanol–water partition coefficient (Wildman–Crippen LogP) is 1.63. The third-order valence-corrected chi connectivity index (χ3v) is 3.84. The van der Waals surface area contributed by atoms with E-state index in [4.69, 9.17) is 12.2 Å². The maximum atomic E-state index is 13.5. The van der Waals surface area contributed by atoms with Gasteiger partial charge in [-0.1, -0.05) is 0 Å². The fraction of sp³-hybridized carbons (Fsp3) is 0.333. The summed E-state index contributed by atoms with van der Waals surface area (Å²) in [5.41, 5.74) is 5.03. The van der Waals surface area contributed by atoms with Crippen LogP contribution in [0.2, 0.25) is 0 Å². The summed E-state index contributed by atoms with van der Waals surface area (Å²) in [6.45, 7) is 0.0628. The average Bonchev–Trinajstić information content (AvgIpc) is 2.26. The van der Waals surface area contributed by atoms with Gasteiger partial charge >= 0.3 is 0 Å². The number of hydrogen-bond donors (Lipinski definition) is 2. The Kier molecular flexibility index (Phi) is 5.27. The van der Waals surface area contributed by atoms with Crippen molar-refractivity contribution in [2.24, 2.45) is 0 Å². The van der Waals surface area contributed by atoms with E-state index in [-0.39, 0.29) is 12.2 Å². The summed E-state index contributed by atoms with van der Waals surface area (Å²) >= 11 is 0. The van der Waals surface area contributed by atoms with Gasteiger partial charge < -0.3 is 5.73 Å². The first-order valence-corrected chi connectivity index (χ1v) is 7.04. The van der Waals surface area contributed by atoms with Gasteiger partial charge in [-0.05, 0) is 25.0 Å². The fourth-order valence-electron chi connectivity index (χ4n) is 1.47. The highest BCUT2D eigenvalue weighted by molar-refractivity contribution is 7.89. The van der Waals surface area contributed by atoms with Crippen LogP contribution in [0.15, 0.2) is 17.0 Å². The van der Waals surface area contributed by atoms with Crippen LogP contribution in [0.3, 0.4) is 0 Å². The van der Waals surface area contributed by atoms with E-state index >= 15 is 0 Å². The van der Waals surface area contributed by atoms with Crippen molar-refractivity contribution in [2.75, 3.05) is 12.3 Å². The first-order valence-electron chi connectivity index (χ1n) is 5.56. The van der Waals surface area contributed by atoms with E-state index in [1.54, 1.807) is 0 Å². The van der Waals surface area contributed by atoms with Crippen LogP contribution in [0.5, 0.6) is 0 Å². The van der Waals surface area contributed by atoms with Crippen molar-refractivity contribution in [3.8, 4) is 12.3 Å². The molecule has 1 aromatic carbocycles. The van der Waals surface area contributed by atoms with Crippen molar-refractivity contribution in [1.82, 2.24) is 4.72 Å². The van der Waals surface area contributed by atoms with E-state index in [1.807, 2.05) is 0 Å². The van der Waals surface area contributed by atoms with Gasteiger partial charge in [-0.25, -0.2) is 21.9 Å². The van der Waals surface area contributed by atoms with E-state index in [0.29, 0.717) is 19.3 Å². The molecule has 0 saturated carbocycles. The highest BCUT2D eigenvalue weighted by atomic mass is 32.2. The molecule has 0 heterocycles. The second-order valence-corrected chi connectivity index (χ2v) is 5.58. The van der Waals surface area contributed by atoms with E-state index in [0.717, 1.165) is 12.1 Å². The Bertz CT molecular complexity index is 571. The SMILES string of the molecule is C#CCCCCNS(=O)(=O)c1c(F)cc(N)cc1F. The summed E-state index contributed by atoms with van der Waals surface area (Å²) in [6.07, 6.45) is 6.68. The molecule has 1 rings (SSSR count). The number of sulfonamides is 1. The first-order chi connectivity index (χ1) is 8.88. The Morgan fingerprint density at radius 2 is 1.84 bits per heavy atom. The lowest BCUT2D eigenvalue weighted by molar-refractivity contribution is 0.514. The second-order valence-electron chi connectivity index (χ2n) is 3.87. The van der Waals surface area contributed by atoms with Gasteiger partial charge in [0.05, 0.1) is 0 Å². The molecule has 104 valence electrons. The zero-order valence-electron chi connectivity index (χ0n) is 10.1. The van der Waals surface area contributed by atoms with Crippen molar-refractivity contribution in [3.05, 3.63) is 23.8 Å². The van der Waals surface area contributed by atoms with Crippen molar-refractivity contribution >= 4 is 15.7 Å². The van der Waals surface area contributed by atoms with Gasteiger partial charge in [0.1, 0.15) is 11.6 Å². The normalized spacial score (nSPS) is 11.2. The Balaban J connectivity index is 2.81. The Morgan fingerprint density at radius 1 is 1.26 bits per heavy atom. The van der Waals surface area contributed by atoms with Gasteiger partial charge in [0.25, 0.3) is 0 Å². The number of anilines is 1. The summed E-state index contributed by atoms with van der Waals surface area (Å²) in [7, 11) is -4.23. The zero-order valence-corrected chi connectivity index (χ0v) is 10.9. The lowest BCUT2D eigenvalue weighted by atomic mass is 10.2. The van der Waals surface area contributed by atoms with Crippen molar-refractivity contribution in [3.63, 3.8) is 0 Å². The molecule has 0 aliphatic rings. The number of hydrogen-bond acceptors (Lipinski definition) is 3. The third-order valence-electron chi connectivity index (χ3n) is 2.33. The number of halogens is 2. The number of nitrogens with one attached hydrogen (secondary N) is 1. The van der Waals surface area contributed by atoms with Gasteiger partial charge in [-0.2, -0.15) is 0 Å². The summed E-state index contributed by atoms with van der Waals surface area (Å²) in [5, 5.41) is 0. The van der Waals surface area contributed by atoms with Crippen molar-refractivity contribution < 1.29 is 17.2 Å². The Morgan fingerprint density at radius 3 is 2.37 bits per heavy atom. The predicted molar refractivity (Wildman–Crippen MR) is 68.6 cm³/mol. The van der Waals surface area contributed by atoms with E-state index in [2.05, 4.69) is 10.6 Å². The number of terminal acetylenes is 1. The van der Waals surface area contributed by atoms with Gasteiger partial charge in [0.15, 0.2) is 4.90 Å². The third kappa shape index (κ3) is 4.19. The molecule has 0 saturated heterocycles. The lowest BCUT2D eigenvalue weighted by Gasteiger charge is -2.09. The topological polar surface area (TPSA) is 72.2 Å². The Labute approximate surface area is 111 Å². The summed E-state index contributed by atoms with van der Waals surface area (Å²) < 4.78 is 52.6. The largest absolute Gasteiger partial charge is 0.399 e.